The van der Waals surface area contributed by atoms with Gasteiger partial charge in [-0.05, 0) is 168 Å². The van der Waals surface area contributed by atoms with Gasteiger partial charge in [0.1, 0.15) is 23.6 Å². The molecule has 0 saturated carbocycles. The number of rotatable bonds is 21. The number of methoxy groups -OCH3 is 1. The number of imidazole rings is 1. The lowest BCUT2D eigenvalue weighted by Crippen LogP contribution is -2.52. The van der Waals surface area contributed by atoms with Crippen molar-refractivity contribution in [1.82, 2.24) is 36.6 Å². The quantitative estimate of drug-likeness (QED) is 0.0425. The Kier molecular flexibility index (Phi) is 18.4. The predicted molar refractivity (Wildman–Crippen MR) is 388 cm³/mol. The molecular formula is C79H87N13O7. The van der Waals surface area contributed by atoms with Crippen LogP contribution in [0.15, 0.2) is 251 Å². The van der Waals surface area contributed by atoms with E-state index in [2.05, 4.69) is 110 Å². The number of nitrogens with one attached hydrogen (secondary N) is 6. The summed E-state index contributed by atoms with van der Waals surface area (Å²) in [7, 11) is 1.26. The van der Waals surface area contributed by atoms with Crippen molar-refractivity contribution >= 4 is 58.0 Å². The molecule has 0 aromatic carbocycles. The fourth-order valence-electron chi connectivity index (χ4n) is 15.9. The first-order valence-electron chi connectivity index (χ1n) is 34.7. The van der Waals surface area contributed by atoms with Gasteiger partial charge in [0.2, 0.25) is 17.7 Å². The van der Waals surface area contributed by atoms with E-state index >= 15 is 0 Å². The number of hydrogen-bond donors (Lipinski definition) is 8. The number of fused-ring (bicyclic) bond motifs is 10. The fraction of sp³-hybridized carbons (Fsp3) is 0.380. The average molecular weight is 1330 g/mol. The van der Waals surface area contributed by atoms with Crippen LogP contribution in [-0.4, -0.2) is 104 Å². The van der Waals surface area contributed by atoms with Gasteiger partial charge in [0.15, 0.2) is 0 Å². The van der Waals surface area contributed by atoms with Gasteiger partial charge in [-0.15, -0.1) is 0 Å². The molecule has 20 nitrogen and oxygen atoms in total. The molecule has 99 heavy (non-hydrogen) atoms. The molecule has 2 saturated heterocycles. The second-order valence-corrected chi connectivity index (χ2v) is 27.4. The van der Waals surface area contributed by atoms with Crippen LogP contribution >= 0.6 is 0 Å². The maximum Gasteiger partial charge on any atom is 0.328 e. The van der Waals surface area contributed by atoms with Crippen LogP contribution in [0.2, 0.25) is 0 Å². The minimum atomic E-state index is -1.09. The molecule has 16 bridgehead atoms. The van der Waals surface area contributed by atoms with Crippen molar-refractivity contribution in [3.05, 3.63) is 226 Å². The molecule has 2 fully saturated rings. The minimum absolute atomic E-state index is 0.0303. The van der Waals surface area contributed by atoms with E-state index in [1.807, 2.05) is 57.2 Å². The monoisotopic (exact) mass is 1330 g/mol. The maximum atomic E-state index is 14.6. The first kappa shape index (κ1) is 67.2. The third kappa shape index (κ3) is 12.3. The Morgan fingerprint density at radius 3 is 1.57 bits per heavy atom. The van der Waals surface area contributed by atoms with E-state index in [1.165, 1.54) is 13.4 Å². The van der Waals surface area contributed by atoms with Crippen LogP contribution in [0.4, 0.5) is 0 Å². The number of esters is 1. The molecule has 8 N–H and O–H groups in total. The Hall–Kier alpha value is -10.4. The molecule has 0 unspecified atom stereocenters. The summed E-state index contributed by atoms with van der Waals surface area (Å²) in [5.74, 6) is -1.83. The summed E-state index contributed by atoms with van der Waals surface area (Å²) >= 11 is 0. The Balaban J connectivity index is 0.716. The molecule has 20 heteroatoms. The second kappa shape index (κ2) is 27.2. The van der Waals surface area contributed by atoms with Crippen LogP contribution in [0.5, 0.6) is 0 Å². The van der Waals surface area contributed by atoms with Gasteiger partial charge in [0, 0.05) is 130 Å². The smallest absolute Gasteiger partial charge is 0.328 e. The lowest BCUT2D eigenvalue weighted by molar-refractivity contribution is -0.145. The summed E-state index contributed by atoms with van der Waals surface area (Å²) in [5, 5.41) is 40.1. The van der Waals surface area contributed by atoms with Crippen LogP contribution in [-0.2, 0) is 30.3 Å². The molecule has 13 rings (SSSR count). The molecule has 510 valence electrons. The van der Waals surface area contributed by atoms with Crippen molar-refractivity contribution in [2.45, 2.75) is 158 Å². The first-order chi connectivity index (χ1) is 47.6. The van der Waals surface area contributed by atoms with Gasteiger partial charge in [-0.25, -0.2) is 39.7 Å². The van der Waals surface area contributed by atoms with Crippen LogP contribution in [0.1, 0.15) is 146 Å². The number of unbranched alkanes of at least 4 members (excludes halogenated alkanes) is 1. The van der Waals surface area contributed by atoms with Gasteiger partial charge in [-0.3, -0.25) is 14.4 Å². The number of aromatic amines is 1. The van der Waals surface area contributed by atoms with Gasteiger partial charge in [0.25, 0.3) is 0 Å². The zero-order valence-corrected chi connectivity index (χ0v) is 58.4. The van der Waals surface area contributed by atoms with Crippen molar-refractivity contribution in [2.24, 2.45) is 53.6 Å². The number of aromatic nitrogens is 2. The molecule has 1 aromatic heterocycles. The largest absolute Gasteiger partial charge is 0.511 e. The Labute approximate surface area is 578 Å². The van der Waals surface area contributed by atoms with Crippen molar-refractivity contribution in [2.75, 3.05) is 13.7 Å². The lowest BCUT2D eigenvalue weighted by atomic mass is 9.86. The van der Waals surface area contributed by atoms with Crippen molar-refractivity contribution in [3.8, 4) is 0 Å². The zero-order valence-electron chi connectivity index (χ0n) is 58.4. The van der Waals surface area contributed by atoms with Crippen molar-refractivity contribution in [3.63, 3.8) is 0 Å². The number of hydrogen-bond acceptors (Lipinski definition) is 16. The SMILES string of the molecule is C=CC1=C(C)C2=NC1=CC1=NC(=CC3=C(C)C4=C(O)CC(=C5NC(=C2)[C@@H](C)[C@@H]5CCC(=O)NCCCC[C@H](NC(=O)CC[C@@H]2C5=C6CC(O)=C7C6=NC(=C7C)C=C6N=C(C=C7N=C(C=C(N5)[C@H]2C)C(C)=C7C=C)C(C)=C6CC)C(=O)N[C@@H](Cc2cnc[nH]2)C(=O)OC)C4=N3)C(CC)=C1C. The summed E-state index contributed by atoms with van der Waals surface area (Å²) in [5.41, 5.74) is 26.8. The molecule has 0 radical (unpaired) electrons. The summed E-state index contributed by atoms with van der Waals surface area (Å²) in [6.45, 7) is 29.4. The highest BCUT2D eigenvalue weighted by atomic mass is 16.5. The van der Waals surface area contributed by atoms with Gasteiger partial charge >= 0.3 is 5.97 Å². The van der Waals surface area contributed by atoms with Crippen molar-refractivity contribution < 1.29 is 34.1 Å². The number of aliphatic imine (C=N–C) groups is 6. The third-order valence-corrected chi connectivity index (χ3v) is 21.6. The molecule has 2 aliphatic carbocycles. The highest BCUT2D eigenvalue weighted by Gasteiger charge is 2.44. The molecule has 12 aliphatic rings. The summed E-state index contributed by atoms with van der Waals surface area (Å²) in [4.78, 5) is 94.6. The number of ether oxygens (including phenoxy) is 1. The zero-order chi connectivity index (χ0) is 70.0. The first-order valence-corrected chi connectivity index (χ1v) is 34.7. The van der Waals surface area contributed by atoms with Crippen LogP contribution in [0.3, 0.4) is 0 Å². The van der Waals surface area contributed by atoms with E-state index in [4.69, 9.17) is 34.7 Å². The number of nitrogens with zero attached hydrogens (tertiary/aromatic N) is 7. The van der Waals surface area contributed by atoms with Crippen LogP contribution < -0.4 is 26.6 Å². The van der Waals surface area contributed by atoms with Gasteiger partial charge in [0.05, 0.1) is 81.9 Å². The third-order valence-electron chi connectivity index (χ3n) is 21.6. The molecule has 6 atom stereocenters. The molecule has 1 aromatic rings. The summed E-state index contributed by atoms with van der Waals surface area (Å²) in [6.07, 6.45) is 23.4. The van der Waals surface area contributed by atoms with Gasteiger partial charge < -0.3 is 46.5 Å². The van der Waals surface area contributed by atoms with E-state index in [0.717, 1.165) is 171 Å². The normalized spacial score (nSPS) is 23.4. The number of allylic oxidation sites excluding steroid dienone is 24. The molecule has 0 spiro atoms. The van der Waals surface area contributed by atoms with Gasteiger partial charge in [-0.1, -0.05) is 53.0 Å². The number of aliphatic hydroxyl groups excluding tert-OH is 2. The summed E-state index contributed by atoms with van der Waals surface area (Å²) in [6, 6.07) is -2.15. The van der Waals surface area contributed by atoms with E-state index in [-0.39, 0.29) is 79.1 Å². The maximum absolute atomic E-state index is 14.6. The highest BCUT2D eigenvalue weighted by Crippen LogP contribution is 2.49. The van der Waals surface area contributed by atoms with E-state index in [1.54, 1.807) is 6.20 Å². The second-order valence-electron chi connectivity index (χ2n) is 27.4. The predicted octanol–water partition coefficient (Wildman–Crippen LogP) is 12.7. The van der Waals surface area contributed by atoms with E-state index in [9.17, 15) is 29.4 Å². The highest BCUT2D eigenvalue weighted by molar-refractivity contribution is 6.23. The van der Waals surface area contributed by atoms with Crippen LogP contribution in [0, 0.1) is 23.7 Å². The van der Waals surface area contributed by atoms with E-state index in [0.29, 0.717) is 55.6 Å². The lowest BCUT2D eigenvalue weighted by Gasteiger charge is -2.23. The van der Waals surface area contributed by atoms with Crippen LogP contribution in [0.25, 0.3) is 0 Å². The number of carbonyl (C=O) groups excluding carboxylic acids is 4. The number of aliphatic hydroxyl groups is 2. The number of amides is 3. The molecular weight excluding hydrogens is 1240 g/mol. The number of carbonyl (C=O) groups is 4. The Bertz CT molecular complexity index is 4620. The molecule has 10 aliphatic heterocycles. The standard InChI is InChI=1S/C79H87N13O7/c1-14-46-37(5)55-29-59-41(9)50(74(88-59)52-27-68(93)72-43(11)61(90-76(52)72)33-65-48(16-3)39(7)57(85-65)31-63(46)83-55)21-23-70(95)81-25-19-18-20-54(78(97)92-67(79(98)99-13)26-45-35-80-36-82-45)87-71(96)24-22-51-42(10)60-30-56-38(6)47(15-2)64(84-56)32-58-40(8)49(17-4)66(86-58)34-62-44(12)73-69(94)28-53(75(51)89-60)77(73)91-62/h14-15,29-36,41-42,50-51,54,67,88-89,93-94H,1-2,16-28H2,3-13H3,(H,80,82)(H,81,95)(H,87,96)(H,92,97)/t41-,42-,50-,51-,54-,67-/m0/s1. The topological polar surface area (TPSA) is 281 Å². The average Bonchev–Trinajstić information content (AvgIpc) is 1.59. The Morgan fingerprint density at radius 1 is 0.616 bits per heavy atom. The number of H-pyrrole nitrogens is 1. The molecule has 3 amide bonds. The summed E-state index contributed by atoms with van der Waals surface area (Å²) < 4.78 is 5.14. The Morgan fingerprint density at radius 2 is 1.10 bits per heavy atom. The molecule has 11 heterocycles. The van der Waals surface area contributed by atoms with Crippen molar-refractivity contribution in [1.29, 1.82) is 0 Å². The van der Waals surface area contributed by atoms with Gasteiger partial charge in [-0.2, -0.15) is 0 Å². The van der Waals surface area contributed by atoms with E-state index < -0.39 is 24.0 Å². The fourth-order valence-corrected chi connectivity index (χ4v) is 15.9. The minimum Gasteiger partial charge on any atom is -0.511 e.